The Bertz CT molecular complexity index is 313. The summed E-state index contributed by atoms with van der Waals surface area (Å²) in [6.45, 7) is 3.15. The van der Waals surface area contributed by atoms with Gasteiger partial charge in [-0.15, -0.1) is 0 Å². The Morgan fingerprint density at radius 2 is 1.93 bits per heavy atom. The van der Waals surface area contributed by atoms with Gasteiger partial charge in [0.1, 0.15) is 12.4 Å². The number of hydrogen-bond acceptors (Lipinski definition) is 1. The third-order valence-corrected chi connectivity index (χ3v) is 3.90. The summed E-state index contributed by atoms with van der Waals surface area (Å²) in [5, 5.41) is 1.03. The quantitative estimate of drug-likeness (QED) is 0.730. The van der Waals surface area contributed by atoms with Crippen molar-refractivity contribution in [3.8, 4) is 5.75 Å². The van der Waals surface area contributed by atoms with E-state index in [9.17, 15) is 0 Å². The number of rotatable bonds is 3. The van der Waals surface area contributed by atoms with E-state index in [1.807, 2.05) is 18.2 Å². The minimum atomic E-state index is -1.08. The number of ether oxygens (including phenoxy) is 1. The molecule has 0 aliphatic carbocycles. The van der Waals surface area contributed by atoms with Gasteiger partial charge in [-0.05, 0) is 29.7 Å². The largest absolute Gasteiger partial charge is 0.497 e. The van der Waals surface area contributed by atoms with Gasteiger partial charge in [-0.2, -0.15) is 0 Å². The highest BCUT2D eigenvalue weighted by molar-refractivity contribution is 8.08. The highest BCUT2D eigenvalue weighted by Crippen LogP contribution is 2.47. The second-order valence-electron chi connectivity index (χ2n) is 3.31. The van der Waals surface area contributed by atoms with E-state index in [4.69, 9.17) is 27.2 Å². The monoisotopic (exact) mass is 250 g/mol. The number of methoxy groups -OCH3 is 1. The van der Waals surface area contributed by atoms with E-state index in [1.165, 1.54) is 5.56 Å². The average Bonchev–Trinajstić information content (AvgIpc) is 2.16. The first-order chi connectivity index (χ1) is 6.56. The molecule has 0 aromatic heterocycles. The van der Waals surface area contributed by atoms with E-state index in [0.717, 1.165) is 11.1 Å². The van der Waals surface area contributed by atoms with Crippen molar-refractivity contribution in [1.29, 1.82) is 0 Å². The third-order valence-electron chi connectivity index (χ3n) is 2.04. The Balaban J connectivity index is 3.17. The topological polar surface area (TPSA) is 9.23 Å². The highest BCUT2D eigenvalue weighted by atomic mass is 35.9. The summed E-state index contributed by atoms with van der Waals surface area (Å²) in [6.07, 6.45) is 0. The van der Waals surface area contributed by atoms with Gasteiger partial charge in [0, 0.05) is 5.30 Å². The summed E-state index contributed by atoms with van der Waals surface area (Å²) in [7, 11) is 1.66. The molecule has 0 spiro atoms. The molecule has 0 fully saturated rings. The normalized spacial score (nSPS) is 11.1. The summed E-state index contributed by atoms with van der Waals surface area (Å²) >= 11 is 11.9. The molecule has 0 N–H and O–H groups in total. The van der Waals surface area contributed by atoms with Crippen LogP contribution in [-0.2, 0) is 0 Å². The molecule has 1 nitrogen and oxygen atoms in total. The predicted molar refractivity (Wildman–Crippen MR) is 65.3 cm³/mol. The molecule has 0 atom stereocenters. The van der Waals surface area contributed by atoms with Gasteiger partial charge in [-0.1, -0.05) is 36.3 Å². The predicted octanol–water partition coefficient (Wildman–Crippen LogP) is 4.23. The van der Waals surface area contributed by atoms with Crippen LogP contribution in [0, 0.1) is 0 Å². The fourth-order valence-electron chi connectivity index (χ4n) is 1.28. The Morgan fingerprint density at radius 1 is 1.29 bits per heavy atom. The Hall–Kier alpha value is 0.0300. The Labute approximate surface area is 95.7 Å². The maximum Gasteiger partial charge on any atom is 0.119 e. The van der Waals surface area contributed by atoms with Crippen molar-refractivity contribution in [3.63, 3.8) is 0 Å². The molecule has 0 aliphatic rings. The molecule has 0 amide bonds. The fourth-order valence-corrected chi connectivity index (χ4v) is 2.90. The minimum Gasteiger partial charge on any atom is -0.497 e. The molecule has 0 heterocycles. The Kier molecular flexibility index (Phi) is 4.50. The van der Waals surface area contributed by atoms with Gasteiger partial charge in [0.2, 0.25) is 0 Å². The van der Waals surface area contributed by atoms with Crippen LogP contribution >= 0.6 is 29.1 Å². The third kappa shape index (κ3) is 2.76. The van der Waals surface area contributed by atoms with Crippen LogP contribution in [0.3, 0.4) is 0 Å². The molecule has 14 heavy (non-hydrogen) atoms. The molecule has 78 valence electrons. The van der Waals surface area contributed by atoms with Gasteiger partial charge >= 0.3 is 0 Å². The van der Waals surface area contributed by atoms with Crippen molar-refractivity contribution in [2.45, 2.75) is 19.8 Å². The fraction of sp³-hybridized carbons (Fsp3) is 0.400. The SMILES string of the molecule is COc1ccc(P(Cl)Cl)c(C(C)C)c1. The van der Waals surface area contributed by atoms with E-state index in [1.54, 1.807) is 7.11 Å². The zero-order valence-corrected chi connectivity index (χ0v) is 10.8. The molecule has 0 aliphatic heterocycles. The van der Waals surface area contributed by atoms with Gasteiger partial charge in [-0.3, -0.25) is 0 Å². The van der Waals surface area contributed by atoms with Crippen LogP contribution in [0.5, 0.6) is 5.75 Å². The molecule has 4 heteroatoms. The van der Waals surface area contributed by atoms with Crippen LogP contribution in [0.1, 0.15) is 25.3 Å². The smallest absolute Gasteiger partial charge is 0.119 e. The lowest BCUT2D eigenvalue weighted by Crippen LogP contribution is -2.06. The van der Waals surface area contributed by atoms with E-state index in [0.29, 0.717) is 5.92 Å². The lowest BCUT2D eigenvalue weighted by atomic mass is 10.0. The molecule has 0 radical (unpaired) electrons. The molecular weight excluding hydrogens is 238 g/mol. The van der Waals surface area contributed by atoms with Gasteiger partial charge in [0.25, 0.3) is 0 Å². The molecule has 0 saturated carbocycles. The van der Waals surface area contributed by atoms with Gasteiger partial charge in [0.15, 0.2) is 0 Å². The molecular formula is C10H13Cl2OP. The van der Waals surface area contributed by atoms with Crippen molar-refractivity contribution in [3.05, 3.63) is 23.8 Å². The number of hydrogen-bond donors (Lipinski definition) is 0. The van der Waals surface area contributed by atoms with Crippen molar-refractivity contribution < 1.29 is 4.74 Å². The van der Waals surface area contributed by atoms with Crippen LogP contribution in [-0.4, -0.2) is 7.11 Å². The number of benzene rings is 1. The van der Waals surface area contributed by atoms with Crippen LogP contribution in [0.4, 0.5) is 0 Å². The molecule has 0 unspecified atom stereocenters. The summed E-state index contributed by atoms with van der Waals surface area (Å²) in [5.41, 5.74) is 1.17. The first kappa shape index (κ1) is 12.1. The standard InChI is InChI=1S/C10H13Cl2OP/c1-7(2)9-6-8(13-3)4-5-10(9)14(11)12/h4-7H,1-3H3. The summed E-state index contributed by atoms with van der Waals surface area (Å²) in [6, 6.07) is 5.83. The molecule has 1 rings (SSSR count). The zero-order chi connectivity index (χ0) is 10.7. The van der Waals surface area contributed by atoms with Crippen molar-refractivity contribution in [2.75, 3.05) is 7.11 Å². The second kappa shape index (κ2) is 5.21. The lowest BCUT2D eigenvalue weighted by Gasteiger charge is -2.14. The van der Waals surface area contributed by atoms with E-state index in [2.05, 4.69) is 13.8 Å². The van der Waals surface area contributed by atoms with Crippen LogP contribution in [0.15, 0.2) is 18.2 Å². The molecule has 1 aromatic carbocycles. The first-order valence-corrected chi connectivity index (χ1v) is 7.51. The maximum absolute atomic E-state index is 5.94. The molecule has 0 saturated heterocycles. The molecule has 0 bridgehead atoms. The zero-order valence-electron chi connectivity index (χ0n) is 8.42. The lowest BCUT2D eigenvalue weighted by molar-refractivity contribution is 0.414. The van der Waals surface area contributed by atoms with E-state index >= 15 is 0 Å². The first-order valence-electron chi connectivity index (χ1n) is 4.36. The Morgan fingerprint density at radius 3 is 2.36 bits per heavy atom. The summed E-state index contributed by atoms with van der Waals surface area (Å²) in [4.78, 5) is 0. The number of halogens is 2. The summed E-state index contributed by atoms with van der Waals surface area (Å²) < 4.78 is 5.16. The minimum absolute atomic E-state index is 0.405. The average molecular weight is 251 g/mol. The van der Waals surface area contributed by atoms with Crippen LogP contribution < -0.4 is 10.0 Å². The van der Waals surface area contributed by atoms with Crippen molar-refractivity contribution >= 4 is 34.4 Å². The highest BCUT2D eigenvalue weighted by Gasteiger charge is 2.13. The van der Waals surface area contributed by atoms with Crippen molar-refractivity contribution in [2.24, 2.45) is 0 Å². The second-order valence-corrected chi connectivity index (χ2v) is 6.81. The maximum atomic E-state index is 5.94. The van der Waals surface area contributed by atoms with E-state index in [-0.39, 0.29) is 0 Å². The van der Waals surface area contributed by atoms with E-state index < -0.39 is 6.63 Å². The van der Waals surface area contributed by atoms with Crippen LogP contribution in [0.2, 0.25) is 0 Å². The molecule has 1 aromatic rings. The summed E-state index contributed by atoms with van der Waals surface area (Å²) in [5.74, 6) is 1.25. The van der Waals surface area contributed by atoms with Gasteiger partial charge in [-0.25, -0.2) is 0 Å². The van der Waals surface area contributed by atoms with Crippen LogP contribution in [0.25, 0.3) is 0 Å². The van der Waals surface area contributed by atoms with Gasteiger partial charge in [0.05, 0.1) is 7.11 Å². The van der Waals surface area contributed by atoms with Gasteiger partial charge < -0.3 is 4.74 Å². The van der Waals surface area contributed by atoms with Crippen molar-refractivity contribution in [1.82, 2.24) is 0 Å².